The van der Waals surface area contributed by atoms with Gasteiger partial charge in [0.05, 0.1) is 17.0 Å². The zero-order valence-corrected chi connectivity index (χ0v) is 16.6. The molecular formula is C19H17N3O4S2. The molecule has 0 saturated heterocycles. The summed E-state index contributed by atoms with van der Waals surface area (Å²) in [5.74, 6) is -1.14. The van der Waals surface area contributed by atoms with Gasteiger partial charge in [0, 0.05) is 23.7 Å². The number of thiophene rings is 1. The van der Waals surface area contributed by atoms with Crippen molar-refractivity contribution < 1.29 is 19.1 Å². The number of aromatic nitrogens is 1. The molecule has 2 N–H and O–H groups in total. The number of anilines is 2. The van der Waals surface area contributed by atoms with Crippen molar-refractivity contribution in [3.8, 4) is 9.88 Å². The molecule has 2 aromatic heterocycles. The third-order valence-electron chi connectivity index (χ3n) is 3.46. The van der Waals surface area contributed by atoms with Crippen molar-refractivity contribution in [3.05, 3.63) is 52.9 Å². The Labute approximate surface area is 169 Å². The summed E-state index contributed by atoms with van der Waals surface area (Å²) in [4.78, 5) is 40.3. The summed E-state index contributed by atoms with van der Waals surface area (Å²) in [6.07, 6.45) is 0.0145. The smallest absolute Gasteiger partial charge is 0.312 e. The Kier molecular flexibility index (Phi) is 6.51. The van der Waals surface area contributed by atoms with Crippen LogP contribution in [0, 0.1) is 0 Å². The summed E-state index contributed by atoms with van der Waals surface area (Å²) in [6.45, 7) is 1.03. The Morgan fingerprint density at radius 1 is 1.04 bits per heavy atom. The first-order valence-corrected chi connectivity index (χ1v) is 10.1. The third-order valence-corrected chi connectivity index (χ3v) is 5.39. The van der Waals surface area contributed by atoms with E-state index >= 15 is 0 Å². The summed E-state index contributed by atoms with van der Waals surface area (Å²) < 4.78 is 5.02. The van der Waals surface area contributed by atoms with Gasteiger partial charge in [-0.25, -0.2) is 4.98 Å². The van der Waals surface area contributed by atoms with E-state index in [1.807, 2.05) is 22.9 Å². The van der Waals surface area contributed by atoms with E-state index < -0.39 is 11.9 Å². The number of hydrogen-bond acceptors (Lipinski definition) is 7. The third kappa shape index (κ3) is 5.73. The quantitative estimate of drug-likeness (QED) is 0.575. The highest BCUT2D eigenvalue weighted by atomic mass is 32.1. The molecule has 7 nitrogen and oxygen atoms in total. The number of hydrogen-bond donors (Lipinski definition) is 2. The van der Waals surface area contributed by atoms with Gasteiger partial charge >= 0.3 is 5.97 Å². The number of thiazole rings is 1. The van der Waals surface area contributed by atoms with Gasteiger partial charge in [0.25, 0.3) is 5.91 Å². The van der Waals surface area contributed by atoms with Crippen molar-refractivity contribution in [1.82, 2.24) is 4.98 Å². The summed E-state index contributed by atoms with van der Waals surface area (Å²) >= 11 is 3.05. The van der Waals surface area contributed by atoms with Crippen molar-refractivity contribution in [2.75, 3.05) is 17.2 Å². The molecule has 0 aliphatic heterocycles. The van der Waals surface area contributed by atoms with Crippen LogP contribution in [-0.2, 0) is 25.5 Å². The predicted molar refractivity (Wildman–Crippen MR) is 109 cm³/mol. The normalized spacial score (nSPS) is 10.3. The Balaban J connectivity index is 1.44. The first-order valence-electron chi connectivity index (χ1n) is 8.31. The fourth-order valence-electron chi connectivity index (χ4n) is 2.28. The van der Waals surface area contributed by atoms with Crippen molar-refractivity contribution >= 4 is 51.8 Å². The first kappa shape index (κ1) is 19.7. The number of benzene rings is 1. The molecule has 28 heavy (non-hydrogen) atoms. The van der Waals surface area contributed by atoms with E-state index in [4.69, 9.17) is 4.74 Å². The predicted octanol–water partition coefficient (Wildman–Crippen LogP) is 3.55. The number of carbonyl (C=O) groups is 3. The Morgan fingerprint density at radius 2 is 1.75 bits per heavy atom. The molecule has 0 unspecified atom stereocenters. The van der Waals surface area contributed by atoms with Gasteiger partial charge in [-0.15, -0.1) is 22.7 Å². The second-order valence-electron chi connectivity index (χ2n) is 5.77. The monoisotopic (exact) mass is 415 g/mol. The summed E-state index contributed by atoms with van der Waals surface area (Å²) in [5.41, 5.74) is 1.78. The van der Waals surface area contributed by atoms with Crippen LogP contribution in [0.4, 0.5) is 11.4 Å². The standard InChI is InChI=1S/C19H17N3O4S2/c1-12(23)20-13-4-6-14(7-5-13)21-17(24)10-26-18(25)9-15-11-28-19(22-15)16-3-2-8-27-16/h2-8,11H,9-10H2,1H3,(H,20,23)(H,21,24). The van der Waals surface area contributed by atoms with Gasteiger partial charge in [0.2, 0.25) is 5.91 Å². The fraction of sp³-hybridized carbons (Fsp3) is 0.158. The minimum absolute atomic E-state index is 0.0145. The lowest BCUT2D eigenvalue weighted by atomic mass is 10.2. The molecule has 0 spiro atoms. The van der Waals surface area contributed by atoms with E-state index in [-0.39, 0.29) is 18.9 Å². The number of esters is 1. The molecule has 0 atom stereocenters. The first-order chi connectivity index (χ1) is 13.5. The van der Waals surface area contributed by atoms with Crippen molar-refractivity contribution in [1.29, 1.82) is 0 Å². The summed E-state index contributed by atoms with van der Waals surface area (Å²) in [7, 11) is 0. The molecule has 0 aliphatic rings. The van der Waals surface area contributed by atoms with Gasteiger partial charge in [-0.1, -0.05) is 6.07 Å². The van der Waals surface area contributed by atoms with Gasteiger partial charge < -0.3 is 15.4 Å². The van der Waals surface area contributed by atoms with E-state index in [0.717, 1.165) is 9.88 Å². The van der Waals surface area contributed by atoms with Crippen LogP contribution in [0.2, 0.25) is 0 Å². The molecule has 9 heteroatoms. The van der Waals surface area contributed by atoms with E-state index in [1.54, 1.807) is 35.6 Å². The molecular weight excluding hydrogens is 398 g/mol. The molecule has 2 heterocycles. The number of rotatable bonds is 7. The van der Waals surface area contributed by atoms with Crippen LogP contribution < -0.4 is 10.6 Å². The van der Waals surface area contributed by atoms with Gasteiger partial charge in [-0.2, -0.15) is 0 Å². The molecule has 144 valence electrons. The molecule has 2 amide bonds. The van der Waals surface area contributed by atoms with Crippen LogP contribution in [0.1, 0.15) is 12.6 Å². The number of carbonyl (C=O) groups excluding carboxylic acids is 3. The van der Waals surface area contributed by atoms with Crippen molar-refractivity contribution in [3.63, 3.8) is 0 Å². The lowest BCUT2D eigenvalue weighted by Gasteiger charge is -2.07. The number of ether oxygens (including phenoxy) is 1. The minimum Gasteiger partial charge on any atom is -0.455 e. The van der Waals surface area contributed by atoms with E-state index in [0.29, 0.717) is 17.1 Å². The fourth-order valence-corrected chi connectivity index (χ4v) is 3.92. The highest BCUT2D eigenvalue weighted by molar-refractivity contribution is 7.20. The molecule has 0 aliphatic carbocycles. The van der Waals surface area contributed by atoms with Crippen molar-refractivity contribution in [2.24, 2.45) is 0 Å². The average Bonchev–Trinajstić information content (AvgIpc) is 3.33. The van der Waals surface area contributed by atoms with Crippen LogP contribution in [0.3, 0.4) is 0 Å². The van der Waals surface area contributed by atoms with Crippen LogP contribution in [0.15, 0.2) is 47.2 Å². The molecule has 3 aromatic rings. The number of nitrogens with one attached hydrogen (secondary N) is 2. The van der Waals surface area contributed by atoms with Crippen LogP contribution in [-0.4, -0.2) is 29.4 Å². The summed E-state index contributed by atoms with van der Waals surface area (Å²) in [5, 5.41) is 9.90. The Bertz CT molecular complexity index is 965. The van der Waals surface area contributed by atoms with E-state index in [2.05, 4.69) is 15.6 Å². The minimum atomic E-state index is -0.515. The molecule has 3 rings (SSSR count). The van der Waals surface area contributed by atoms with Crippen LogP contribution in [0.5, 0.6) is 0 Å². The van der Waals surface area contributed by atoms with E-state index in [9.17, 15) is 14.4 Å². The molecule has 0 saturated carbocycles. The maximum Gasteiger partial charge on any atom is 0.312 e. The lowest BCUT2D eigenvalue weighted by Crippen LogP contribution is -2.21. The van der Waals surface area contributed by atoms with Gasteiger partial charge in [0.15, 0.2) is 6.61 Å². The molecule has 1 aromatic carbocycles. The number of nitrogens with zero attached hydrogens (tertiary/aromatic N) is 1. The van der Waals surface area contributed by atoms with Gasteiger partial charge in [-0.3, -0.25) is 14.4 Å². The Hall–Kier alpha value is -3.04. The van der Waals surface area contributed by atoms with Crippen LogP contribution in [0.25, 0.3) is 9.88 Å². The maximum absolute atomic E-state index is 11.9. The van der Waals surface area contributed by atoms with Crippen LogP contribution >= 0.6 is 22.7 Å². The molecule has 0 fully saturated rings. The molecule has 0 radical (unpaired) electrons. The topological polar surface area (TPSA) is 97.4 Å². The molecule has 0 bridgehead atoms. The average molecular weight is 415 g/mol. The Morgan fingerprint density at radius 3 is 2.39 bits per heavy atom. The largest absolute Gasteiger partial charge is 0.455 e. The number of amides is 2. The zero-order chi connectivity index (χ0) is 19.9. The highest BCUT2D eigenvalue weighted by Crippen LogP contribution is 2.27. The van der Waals surface area contributed by atoms with E-state index in [1.165, 1.54) is 18.3 Å². The second-order valence-corrected chi connectivity index (χ2v) is 7.57. The second kappa shape index (κ2) is 9.25. The van der Waals surface area contributed by atoms with Crippen molar-refractivity contribution in [2.45, 2.75) is 13.3 Å². The summed E-state index contributed by atoms with van der Waals surface area (Å²) in [6, 6.07) is 10.5. The highest BCUT2D eigenvalue weighted by Gasteiger charge is 2.12. The zero-order valence-electron chi connectivity index (χ0n) is 14.9. The lowest BCUT2D eigenvalue weighted by molar-refractivity contribution is -0.146. The SMILES string of the molecule is CC(=O)Nc1ccc(NC(=O)COC(=O)Cc2csc(-c3cccs3)n2)cc1. The van der Waals surface area contributed by atoms with Gasteiger partial charge in [-0.05, 0) is 35.7 Å². The maximum atomic E-state index is 11.9. The van der Waals surface area contributed by atoms with Gasteiger partial charge in [0.1, 0.15) is 5.01 Å².